The van der Waals surface area contributed by atoms with Crippen LogP contribution in [0, 0.1) is 13.8 Å². The van der Waals surface area contributed by atoms with Gasteiger partial charge in [0, 0.05) is 28.6 Å². The van der Waals surface area contributed by atoms with Crippen LogP contribution in [-0.4, -0.2) is 11.7 Å². The first-order chi connectivity index (χ1) is 10.5. The summed E-state index contributed by atoms with van der Waals surface area (Å²) in [5.74, 6) is -0.164. The molecule has 1 N–H and O–H groups in total. The predicted molar refractivity (Wildman–Crippen MR) is 92.3 cm³/mol. The van der Waals surface area contributed by atoms with Gasteiger partial charge in [-0.2, -0.15) is 0 Å². The third kappa shape index (κ3) is 4.28. The molecule has 0 spiro atoms. The highest BCUT2D eigenvalue weighted by Crippen LogP contribution is 2.18. The van der Waals surface area contributed by atoms with Crippen LogP contribution in [0.25, 0.3) is 0 Å². The van der Waals surface area contributed by atoms with E-state index in [1.54, 1.807) is 12.1 Å². The van der Waals surface area contributed by atoms with E-state index in [-0.39, 0.29) is 24.5 Å². The van der Waals surface area contributed by atoms with Gasteiger partial charge in [0.1, 0.15) is 0 Å². The monoisotopic (exact) mass is 359 g/mol. The number of nitrogens with one attached hydrogen (secondary N) is 1. The van der Waals surface area contributed by atoms with Crippen LogP contribution in [0.5, 0.6) is 0 Å². The fourth-order valence-electron chi connectivity index (χ4n) is 2.11. The van der Waals surface area contributed by atoms with Crippen molar-refractivity contribution in [3.05, 3.63) is 63.6 Å². The van der Waals surface area contributed by atoms with Crippen molar-refractivity contribution in [2.45, 2.75) is 26.7 Å². The van der Waals surface area contributed by atoms with E-state index in [0.717, 1.165) is 21.3 Å². The normalized spacial score (nSPS) is 10.3. The standard InChI is InChI=1S/C18H18BrNO2/c1-12-4-3-5-16(13(12)2)20-18(22)11-10-17(21)14-6-8-15(19)9-7-14/h3-9H,10-11H2,1-2H3,(H,20,22). The summed E-state index contributed by atoms with van der Waals surface area (Å²) in [4.78, 5) is 24.0. The van der Waals surface area contributed by atoms with Crippen LogP contribution in [0.15, 0.2) is 46.9 Å². The van der Waals surface area contributed by atoms with Crippen LogP contribution in [0.3, 0.4) is 0 Å². The highest BCUT2D eigenvalue weighted by molar-refractivity contribution is 9.10. The zero-order chi connectivity index (χ0) is 16.1. The maximum atomic E-state index is 12.0. The molecular weight excluding hydrogens is 342 g/mol. The van der Waals surface area contributed by atoms with Gasteiger partial charge in [0.15, 0.2) is 5.78 Å². The summed E-state index contributed by atoms with van der Waals surface area (Å²) in [6, 6.07) is 12.9. The summed E-state index contributed by atoms with van der Waals surface area (Å²) >= 11 is 3.33. The number of carbonyl (C=O) groups excluding carboxylic acids is 2. The Morgan fingerprint density at radius 1 is 1.00 bits per heavy atom. The fourth-order valence-corrected chi connectivity index (χ4v) is 2.37. The number of amides is 1. The summed E-state index contributed by atoms with van der Waals surface area (Å²) in [7, 11) is 0. The van der Waals surface area contributed by atoms with Crippen LogP contribution in [0.1, 0.15) is 34.3 Å². The lowest BCUT2D eigenvalue weighted by molar-refractivity contribution is -0.116. The molecular formula is C18H18BrNO2. The SMILES string of the molecule is Cc1cccc(NC(=O)CCC(=O)c2ccc(Br)cc2)c1C. The second kappa shape index (κ2) is 7.36. The lowest BCUT2D eigenvalue weighted by atomic mass is 10.1. The van der Waals surface area contributed by atoms with Crippen molar-refractivity contribution in [2.75, 3.05) is 5.32 Å². The van der Waals surface area contributed by atoms with Crippen molar-refractivity contribution < 1.29 is 9.59 Å². The van der Waals surface area contributed by atoms with Gasteiger partial charge in [-0.05, 0) is 43.2 Å². The maximum absolute atomic E-state index is 12.0. The molecule has 0 aliphatic carbocycles. The Kier molecular flexibility index (Phi) is 5.50. The molecule has 0 bridgehead atoms. The van der Waals surface area contributed by atoms with E-state index in [4.69, 9.17) is 0 Å². The van der Waals surface area contributed by atoms with Crippen LogP contribution in [-0.2, 0) is 4.79 Å². The van der Waals surface area contributed by atoms with Gasteiger partial charge >= 0.3 is 0 Å². The smallest absolute Gasteiger partial charge is 0.224 e. The summed E-state index contributed by atoms with van der Waals surface area (Å²) in [6.45, 7) is 3.97. The molecule has 2 aromatic rings. The van der Waals surface area contributed by atoms with Gasteiger partial charge in [0.25, 0.3) is 0 Å². The molecule has 0 aliphatic heterocycles. The lowest BCUT2D eigenvalue weighted by Gasteiger charge is -2.10. The molecule has 0 radical (unpaired) electrons. The molecule has 2 rings (SSSR count). The number of halogens is 1. The highest BCUT2D eigenvalue weighted by atomic mass is 79.9. The van der Waals surface area contributed by atoms with E-state index < -0.39 is 0 Å². The van der Waals surface area contributed by atoms with Gasteiger partial charge in [-0.1, -0.05) is 40.2 Å². The second-order valence-corrected chi connectivity index (χ2v) is 6.14. The number of Topliss-reactive ketones (excluding diaryl/α,β-unsaturated/α-hetero) is 1. The zero-order valence-corrected chi connectivity index (χ0v) is 14.2. The third-order valence-electron chi connectivity index (χ3n) is 3.62. The predicted octanol–water partition coefficient (Wildman–Crippen LogP) is 4.67. The number of anilines is 1. The summed E-state index contributed by atoms with van der Waals surface area (Å²) in [5, 5.41) is 2.87. The first kappa shape index (κ1) is 16.4. The summed E-state index contributed by atoms with van der Waals surface area (Å²) < 4.78 is 0.928. The Labute approximate surface area is 138 Å². The molecule has 4 heteroatoms. The van der Waals surface area contributed by atoms with Gasteiger partial charge in [0.05, 0.1) is 0 Å². The molecule has 0 aliphatic rings. The van der Waals surface area contributed by atoms with E-state index in [1.807, 2.05) is 44.2 Å². The van der Waals surface area contributed by atoms with Gasteiger partial charge in [0.2, 0.25) is 5.91 Å². The van der Waals surface area contributed by atoms with E-state index in [9.17, 15) is 9.59 Å². The van der Waals surface area contributed by atoms with E-state index in [2.05, 4.69) is 21.2 Å². The van der Waals surface area contributed by atoms with Crippen LogP contribution >= 0.6 is 15.9 Å². The molecule has 1 amide bonds. The van der Waals surface area contributed by atoms with Crippen LogP contribution in [0.2, 0.25) is 0 Å². The van der Waals surface area contributed by atoms with Crippen molar-refractivity contribution in [2.24, 2.45) is 0 Å². The zero-order valence-electron chi connectivity index (χ0n) is 12.7. The quantitative estimate of drug-likeness (QED) is 0.788. The minimum Gasteiger partial charge on any atom is -0.326 e. The number of hydrogen-bond donors (Lipinski definition) is 1. The van der Waals surface area contributed by atoms with Gasteiger partial charge in [-0.25, -0.2) is 0 Å². The highest BCUT2D eigenvalue weighted by Gasteiger charge is 2.10. The van der Waals surface area contributed by atoms with Gasteiger partial charge in [-0.3, -0.25) is 9.59 Å². The second-order valence-electron chi connectivity index (χ2n) is 5.23. The Hall–Kier alpha value is -1.94. The van der Waals surface area contributed by atoms with Crippen molar-refractivity contribution in [1.29, 1.82) is 0 Å². The topological polar surface area (TPSA) is 46.2 Å². The van der Waals surface area contributed by atoms with Crippen molar-refractivity contribution >= 4 is 33.3 Å². The molecule has 0 saturated carbocycles. The van der Waals surface area contributed by atoms with Gasteiger partial charge < -0.3 is 5.32 Å². The summed E-state index contributed by atoms with van der Waals surface area (Å²) in [5.41, 5.74) is 3.61. The molecule has 2 aromatic carbocycles. The van der Waals surface area contributed by atoms with Gasteiger partial charge in [-0.15, -0.1) is 0 Å². The molecule has 22 heavy (non-hydrogen) atoms. The molecule has 0 fully saturated rings. The molecule has 0 saturated heterocycles. The summed E-state index contributed by atoms with van der Waals surface area (Å²) in [6.07, 6.45) is 0.389. The molecule has 0 unspecified atom stereocenters. The number of rotatable bonds is 5. The Morgan fingerprint density at radius 2 is 1.68 bits per heavy atom. The van der Waals surface area contributed by atoms with Crippen molar-refractivity contribution in [3.63, 3.8) is 0 Å². The average molecular weight is 360 g/mol. The number of carbonyl (C=O) groups is 2. The van der Waals surface area contributed by atoms with Crippen molar-refractivity contribution in [3.8, 4) is 0 Å². The molecule has 0 aromatic heterocycles. The number of aryl methyl sites for hydroxylation is 1. The number of hydrogen-bond acceptors (Lipinski definition) is 2. The molecule has 0 heterocycles. The van der Waals surface area contributed by atoms with Crippen LogP contribution < -0.4 is 5.32 Å². The number of ketones is 1. The first-order valence-corrected chi connectivity index (χ1v) is 7.91. The average Bonchev–Trinajstić information content (AvgIpc) is 2.50. The largest absolute Gasteiger partial charge is 0.326 e. The van der Waals surface area contributed by atoms with Crippen molar-refractivity contribution in [1.82, 2.24) is 0 Å². The lowest BCUT2D eigenvalue weighted by Crippen LogP contribution is -2.14. The van der Waals surface area contributed by atoms with E-state index in [0.29, 0.717) is 5.56 Å². The maximum Gasteiger partial charge on any atom is 0.224 e. The molecule has 3 nitrogen and oxygen atoms in total. The van der Waals surface area contributed by atoms with E-state index in [1.165, 1.54) is 0 Å². The third-order valence-corrected chi connectivity index (χ3v) is 4.15. The number of benzene rings is 2. The molecule has 114 valence electrons. The Balaban J connectivity index is 1.91. The Morgan fingerprint density at radius 3 is 2.36 bits per heavy atom. The molecule has 0 atom stereocenters. The van der Waals surface area contributed by atoms with Crippen LogP contribution in [0.4, 0.5) is 5.69 Å². The minimum atomic E-state index is -0.140. The minimum absolute atomic E-state index is 0.0244. The van der Waals surface area contributed by atoms with E-state index >= 15 is 0 Å². The fraction of sp³-hybridized carbons (Fsp3) is 0.222. The Bertz CT molecular complexity index is 693. The first-order valence-electron chi connectivity index (χ1n) is 7.12.